The fraction of sp³-hybridized carbons (Fsp3) is 0.387. The zero-order valence-electron chi connectivity index (χ0n) is 23.7. The summed E-state index contributed by atoms with van der Waals surface area (Å²) in [7, 11) is 0. The summed E-state index contributed by atoms with van der Waals surface area (Å²) in [6.45, 7) is 4.36. The largest absolute Gasteiger partial charge is 0.356 e. The molecule has 1 aliphatic heterocycles. The molecule has 1 unspecified atom stereocenters. The molecule has 1 aromatic heterocycles. The SMILES string of the molecule is CC(C)C[C@H](NC(=O)C(Cc1cccc2ccccc12)NC(=O)c1cnccn1)C(=O)N[C@H](C=O)C[C@@H]1CCNC1=O. The van der Waals surface area contributed by atoms with Crippen LogP contribution in [-0.4, -0.2) is 64.6 Å². The van der Waals surface area contributed by atoms with Gasteiger partial charge in [0.05, 0.1) is 12.2 Å². The monoisotopic (exact) mass is 572 g/mol. The van der Waals surface area contributed by atoms with Crippen LogP contribution in [0.2, 0.25) is 0 Å². The molecule has 42 heavy (non-hydrogen) atoms. The van der Waals surface area contributed by atoms with Gasteiger partial charge in [0.25, 0.3) is 5.91 Å². The molecule has 0 saturated carbocycles. The first-order valence-corrected chi connectivity index (χ1v) is 14.1. The highest BCUT2D eigenvalue weighted by molar-refractivity contribution is 5.98. The summed E-state index contributed by atoms with van der Waals surface area (Å²) in [4.78, 5) is 71.9. The van der Waals surface area contributed by atoms with Crippen LogP contribution in [0.3, 0.4) is 0 Å². The molecule has 1 saturated heterocycles. The van der Waals surface area contributed by atoms with Crippen LogP contribution in [0.1, 0.15) is 49.2 Å². The lowest BCUT2D eigenvalue weighted by molar-refractivity contribution is -0.131. The lowest BCUT2D eigenvalue weighted by Crippen LogP contribution is -2.56. The molecule has 3 aromatic rings. The van der Waals surface area contributed by atoms with Gasteiger partial charge in [-0.1, -0.05) is 56.3 Å². The molecule has 0 bridgehead atoms. The lowest BCUT2D eigenvalue weighted by Gasteiger charge is -2.26. The van der Waals surface area contributed by atoms with Gasteiger partial charge in [-0.05, 0) is 41.5 Å². The highest BCUT2D eigenvalue weighted by Crippen LogP contribution is 2.20. The summed E-state index contributed by atoms with van der Waals surface area (Å²) >= 11 is 0. The highest BCUT2D eigenvalue weighted by atomic mass is 16.2. The zero-order chi connectivity index (χ0) is 30.1. The fourth-order valence-electron chi connectivity index (χ4n) is 5.13. The summed E-state index contributed by atoms with van der Waals surface area (Å²) in [6, 6.07) is 10.6. The molecule has 4 N–H and O–H groups in total. The molecule has 1 fully saturated rings. The van der Waals surface area contributed by atoms with Crippen molar-refractivity contribution in [2.45, 2.75) is 57.7 Å². The van der Waals surface area contributed by atoms with E-state index in [-0.39, 0.29) is 36.3 Å². The third kappa shape index (κ3) is 7.96. The van der Waals surface area contributed by atoms with Crippen LogP contribution in [0.4, 0.5) is 0 Å². The van der Waals surface area contributed by atoms with Crippen molar-refractivity contribution in [1.82, 2.24) is 31.2 Å². The van der Waals surface area contributed by atoms with Crippen LogP contribution in [0.25, 0.3) is 10.8 Å². The number of hydrogen-bond acceptors (Lipinski definition) is 7. The van der Waals surface area contributed by atoms with E-state index >= 15 is 0 Å². The average Bonchev–Trinajstić information content (AvgIpc) is 3.40. The molecule has 4 amide bonds. The summed E-state index contributed by atoms with van der Waals surface area (Å²) < 4.78 is 0. The van der Waals surface area contributed by atoms with Gasteiger partial charge < -0.3 is 26.1 Å². The molecule has 11 nitrogen and oxygen atoms in total. The van der Waals surface area contributed by atoms with Gasteiger partial charge in [-0.2, -0.15) is 0 Å². The second-order valence-electron chi connectivity index (χ2n) is 10.9. The number of nitrogens with one attached hydrogen (secondary N) is 4. The number of carbonyl (C=O) groups is 5. The highest BCUT2D eigenvalue weighted by Gasteiger charge is 2.32. The predicted octanol–water partition coefficient (Wildman–Crippen LogP) is 1.71. The number of aromatic nitrogens is 2. The standard InChI is InChI=1S/C31H36N6O5/c1-19(2)14-25(29(40)35-23(18-38)15-22-10-11-34-28(22)39)36-30(41)26(37-31(42)27-17-32-12-13-33-27)16-21-8-5-7-20-6-3-4-9-24(20)21/h3-9,12-13,17-19,22-23,25-26H,10-11,14-16H2,1-2H3,(H,34,39)(H,35,40)(H,36,41)(H,37,42)/t22-,23-,25-,26?/m0/s1. The Morgan fingerprint density at radius 2 is 1.76 bits per heavy atom. The molecule has 4 rings (SSSR count). The van der Waals surface area contributed by atoms with Gasteiger partial charge >= 0.3 is 0 Å². The zero-order valence-corrected chi connectivity index (χ0v) is 23.7. The van der Waals surface area contributed by atoms with Gasteiger partial charge in [-0.25, -0.2) is 4.98 Å². The van der Waals surface area contributed by atoms with Crippen LogP contribution in [0, 0.1) is 11.8 Å². The summed E-state index contributed by atoms with van der Waals surface area (Å²) in [5.74, 6) is -2.14. The van der Waals surface area contributed by atoms with Gasteiger partial charge in [0, 0.05) is 31.3 Å². The smallest absolute Gasteiger partial charge is 0.272 e. The van der Waals surface area contributed by atoms with Gasteiger partial charge in [-0.3, -0.25) is 24.2 Å². The number of benzene rings is 2. The first-order valence-electron chi connectivity index (χ1n) is 14.1. The van der Waals surface area contributed by atoms with E-state index in [9.17, 15) is 24.0 Å². The molecule has 220 valence electrons. The predicted molar refractivity (Wildman–Crippen MR) is 156 cm³/mol. The van der Waals surface area contributed by atoms with Crippen molar-refractivity contribution in [2.24, 2.45) is 11.8 Å². The number of aldehydes is 1. The van der Waals surface area contributed by atoms with Crippen molar-refractivity contribution in [3.63, 3.8) is 0 Å². The van der Waals surface area contributed by atoms with Crippen molar-refractivity contribution in [3.8, 4) is 0 Å². The van der Waals surface area contributed by atoms with Crippen molar-refractivity contribution in [3.05, 3.63) is 72.3 Å². The van der Waals surface area contributed by atoms with Crippen molar-refractivity contribution in [1.29, 1.82) is 0 Å². The molecular formula is C31H36N6O5. The Kier molecular flexibility index (Phi) is 10.3. The molecule has 0 spiro atoms. The van der Waals surface area contributed by atoms with Crippen LogP contribution in [0.5, 0.6) is 0 Å². The minimum absolute atomic E-state index is 0.0297. The minimum atomic E-state index is -1.04. The summed E-state index contributed by atoms with van der Waals surface area (Å²) in [5, 5.41) is 12.9. The quantitative estimate of drug-likeness (QED) is 0.227. The van der Waals surface area contributed by atoms with E-state index < -0.39 is 35.8 Å². The number of carbonyl (C=O) groups excluding carboxylic acids is 5. The Morgan fingerprint density at radius 3 is 2.45 bits per heavy atom. The maximum absolute atomic E-state index is 13.8. The normalized spacial score (nSPS) is 16.7. The fourth-order valence-corrected chi connectivity index (χ4v) is 5.13. The van der Waals surface area contributed by atoms with E-state index in [2.05, 4.69) is 31.2 Å². The van der Waals surface area contributed by atoms with Crippen LogP contribution in [0.15, 0.2) is 61.1 Å². The van der Waals surface area contributed by atoms with E-state index in [1.54, 1.807) is 0 Å². The molecular weight excluding hydrogens is 536 g/mol. The topological polar surface area (TPSA) is 159 Å². The Hall–Kier alpha value is -4.67. The molecule has 0 radical (unpaired) electrons. The minimum Gasteiger partial charge on any atom is -0.356 e. The number of fused-ring (bicyclic) bond motifs is 1. The van der Waals surface area contributed by atoms with Gasteiger partial charge in [-0.15, -0.1) is 0 Å². The first-order chi connectivity index (χ1) is 20.2. The Morgan fingerprint density at radius 1 is 1.00 bits per heavy atom. The Bertz CT molecular complexity index is 1420. The summed E-state index contributed by atoms with van der Waals surface area (Å²) in [5.41, 5.74) is 0.892. The van der Waals surface area contributed by atoms with Gasteiger partial charge in [0.2, 0.25) is 17.7 Å². The molecule has 4 atom stereocenters. The van der Waals surface area contributed by atoms with E-state index in [0.29, 0.717) is 25.7 Å². The number of amides is 4. The van der Waals surface area contributed by atoms with E-state index in [0.717, 1.165) is 16.3 Å². The van der Waals surface area contributed by atoms with E-state index in [1.165, 1.54) is 18.6 Å². The number of hydrogen-bond donors (Lipinski definition) is 4. The second-order valence-corrected chi connectivity index (χ2v) is 10.9. The average molecular weight is 573 g/mol. The molecule has 2 aromatic carbocycles. The van der Waals surface area contributed by atoms with Gasteiger partial charge in [0.1, 0.15) is 24.1 Å². The van der Waals surface area contributed by atoms with Crippen molar-refractivity contribution in [2.75, 3.05) is 6.54 Å². The summed E-state index contributed by atoms with van der Waals surface area (Å²) in [6.07, 6.45) is 5.97. The van der Waals surface area contributed by atoms with Crippen LogP contribution < -0.4 is 21.3 Å². The Balaban J connectivity index is 1.54. The maximum Gasteiger partial charge on any atom is 0.272 e. The lowest BCUT2D eigenvalue weighted by atomic mass is 9.96. The van der Waals surface area contributed by atoms with Gasteiger partial charge in [0.15, 0.2) is 0 Å². The van der Waals surface area contributed by atoms with E-state index in [4.69, 9.17) is 0 Å². The van der Waals surface area contributed by atoms with Crippen molar-refractivity contribution >= 4 is 40.7 Å². The third-order valence-corrected chi connectivity index (χ3v) is 7.25. The van der Waals surface area contributed by atoms with Crippen molar-refractivity contribution < 1.29 is 24.0 Å². The molecule has 1 aliphatic rings. The first kappa shape index (κ1) is 30.3. The number of rotatable bonds is 13. The molecule has 2 heterocycles. The molecule has 11 heteroatoms. The van der Waals surface area contributed by atoms with E-state index in [1.807, 2.05) is 56.3 Å². The third-order valence-electron chi connectivity index (χ3n) is 7.25. The Labute approximate surface area is 244 Å². The second kappa shape index (κ2) is 14.3. The van der Waals surface area contributed by atoms with Crippen LogP contribution in [-0.2, 0) is 25.6 Å². The maximum atomic E-state index is 13.8. The van der Waals surface area contributed by atoms with Crippen LogP contribution >= 0.6 is 0 Å². The number of nitrogens with zero attached hydrogens (tertiary/aromatic N) is 2. The molecule has 0 aliphatic carbocycles.